The van der Waals surface area contributed by atoms with Crippen LogP contribution in [0.5, 0.6) is 0 Å². The molecule has 9 aliphatic carbocycles. The molecule has 0 spiro atoms. The van der Waals surface area contributed by atoms with Gasteiger partial charge in [0, 0.05) is 61.7 Å². The van der Waals surface area contributed by atoms with E-state index in [0.717, 1.165) is 89.8 Å². The summed E-state index contributed by atoms with van der Waals surface area (Å²) < 4.78 is 6.25. The fourth-order valence-corrected chi connectivity index (χ4v) is 27.5. The molecule has 6 aromatic rings. The van der Waals surface area contributed by atoms with Crippen LogP contribution in [0.4, 0.5) is 22.7 Å². The number of hydrogen-bond donors (Lipinski definition) is 0. The number of benzene rings is 6. The Morgan fingerprint density at radius 1 is 0.310 bits per heavy atom. The maximum atomic E-state index is 5.67. The van der Waals surface area contributed by atoms with Gasteiger partial charge in [0.25, 0.3) is 0 Å². The molecule has 17 rings (SSSR count). The van der Waals surface area contributed by atoms with E-state index in [1.807, 2.05) is 69.9 Å². The first-order chi connectivity index (χ1) is 60.4. The van der Waals surface area contributed by atoms with Gasteiger partial charge in [-0.15, -0.1) is 27.7 Å². The molecule has 6 aromatic carbocycles. The van der Waals surface area contributed by atoms with E-state index in [9.17, 15) is 0 Å². The van der Waals surface area contributed by atoms with E-state index >= 15 is 0 Å². The maximum absolute atomic E-state index is 5.67. The van der Waals surface area contributed by atoms with Crippen LogP contribution >= 0.6 is 104 Å². The normalized spacial score (nSPS) is 19.6. The Bertz CT molecular complexity index is 3660. The van der Waals surface area contributed by atoms with Gasteiger partial charge in [-0.1, -0.05) is 321 Å². The molecule has 4 nitrogen and oxygen atoms in total. The summed E-state index contributed by atoms with van der Waals surface area (Å²) in [4.78, 5) is 7.22. The number of aryl methyl sites for hydroxylation is 12. The Morgan fingerprint density at radius 3 is 0.738 bits per heavy atom. The molecule has 11 aliphatic rings. The number of rotatable bonds is 9. The molecule has 0 bridgehead atoms. The topological polar surface area (TPSA) is 12.7 Å². The van der Waals surface area contributed by atoms with Gasteiger partial charge < -0.3 is 22.2 Å². The van der Waals surface area contributed by atoms with Gasteiger partial charge in [0.05, 0.1) is 0 Å². The van der Waals surface area contributed by atoms with Gasteiger partial charge in [0.15, 0.2) is 0 Å². The molecule has 16 heteroatoms. The summed E-state index contributed by atoms with van der Waals surface area (Å²) in [5.41, 5.74) is 26.8. The zero-order chi connectivity index (χ0) is 90.3. The summed E-state index contributed by atoms with van der Waals surface area (Å²) in [5, 5.41) is 0. The molecule has 0 N–H and O–H groups in total. The van der Waals surface area contributed by atoms with Crippen LogP contribution in [0.25, 0.3) is 0 Å². The van der Waals surface area contributed by atoms with Crippen molar-refractivity contribution in [3.63, 3.8) is 0 Å². The second kappa shape index (κ2) is 66.2. The molecular formula is C110H171Cl5I2N4P3Ru2-. The molecule has 1 saturated heterocycles. The molecule has 126 heavy (non-hydrogen) atoms. The van der Waals surface area contributed by atoms with Gasteiger partial charge in [0.2, 0.25) is 6.34 Å². The first-order valence-electron chi connectivity index (χ1n) is 49.6. The summed E-state index contributed by atoms with van der Waals surface area (Å²) >= 11 is 1.01. The number of hydrogen-bond acceptors (Lipinski definition) is 3. The van der Waals surface area contributed by atoms with E-state index in [4.69, 9.17) is 38.8 Å². The Kier molecular flexibility index (Phi) is 60.0. The average molecular weight is 2280 g/mol. The monoisotopic (exact) mass is 2270 g/mol. The second-order valence-corrected chi connectivity index (χ2v) is 53.3. The van der Waals surface area contributed by atoms with E-state index in [1.54, 1.807) is 77.0 Å². The van der Waals surface area contributed by atoms with Crippen molar-refractivity contribution in [2.45, 2.75) is 389 Å². The third kappa shape index (κ3) is 43.9. The van der Waals surface area contributed by atoms with Crippen molar-refractivity contribution in [1.29, 1.82) is 0 Å². The summed E-state index contributed by atoms with van der Waals surface area (Å²) in [7, 11) is 31.4. The van der Waals surface area contributed by atoms with Gasteiger partial charge in [-0.25, -0.2) is 9.48 Å². The van der Waals surface area contributed by atoms with E-state index in [2.05, 4.69) is 229 Å². The summed E-state index contributed by atoms with van der Waals surface area (Å²) in [6.07, 6.45) is 70.4. The molecule has 2 heterocycles. The first kappa shape index (κ1) is 114. The average Bonchev–Trinajstić information content (AvgIpc) is 1.72. The third-order valence-electron chi connectivity index (χ3n) is 28.2. The fourth-order valence-electron chi connectivity index (χ4n) is 22.4. The Labute approximate surface area is 836 Å². The summed E-state index contributed by atoms with van der Waals surface area (Å²) in [6.45, 7) is 32.9. The predicted molar refractivity (Wildman–Crippen MR) is 584 cm³/mol. The van der Waals surface area contributed by atoms with E-state index < -0.39 is 27.0 Å². The van der Waals surface area contributed by atoms with Gasteiger partial charge in [-0.2, -0.15) is 6.67 Å². The van der Waals surface area contributed by atoms with Crippen molar-refractivity contribution in [3.05, 3.63) is 194 Å². The minimum atomic E-state index is -1.61. The van der Waals surface area contributed by atoms with Crippen molar-refractivity contribution in [2.75, 3.05) is 40.9 Å². The number of halogens is 7. The molecule has 9 saturated carbocycles. The van der Waals surface area contributed by atoms with Crippen LogP contribution in [0.3, 0.4) is 0 Å². The van der Waals surface area contributed by atoms with Gasteiger partial charge >= 0.3 is 147 Å². The van der Waals surface area contributed by atoms with E-state index in [1.165, 1.54) is 301 Å². The van der Waals surface area contributed by atoms with Crippen molar-refractivity contribution in [3.8, 4) is 0 Å². The van der Waals surface area contributed by atoms with E-state index in [-0.39, 0.29) is 12.4 Å². The van der Waals surface area contributed by atoms with Crippen LogP contribution in [-0.4, -0.2) is 63.3 Å². The first-order valence-corrected chi connectivity index (χ1v) is 68.9. The van der Waals surface area contributed by atoms with Crippen molar-refractivity contribution < 1.29 is 44.0 Å². The van der Waals surface area contributed by atoms with Crippen LogP contribution in [0.2, 0.25) is 0 Å². The molecule has 3 unspecified atom stereocenters. The Balaban J connectivity index is 0.000000222. The Morgan fingerprint density at radius 2 is 0.524 bits per heavy atom. The molecular weight excluding hydrogens is 2100 g/mol. The van der Waals surface area contributed by atoms with Crippen LogP contribution in [0.1, 0.15) is 367 Å². The molecule has 0 amide bonds. The van der Waals surface area contributed by atoms with Crippen LogP contribution in [0.15, 0.2) is 109 Å². The summed E-state index contributed by atoms with van der Waals surface area (Å²) in [6, 6.07) is 38.0. The predicted octanol–water partition coefficient (Wildman–Crippen LogP) is 33.0. The van der Waals surface area contributed by atoms with Gasteiger partial charge in [-0.3, -0.25) is 0 Å². The summed E-state index contributed by atoms with van der Waals surface area (Å²) in [5.74, 6) is 6.83. The zero-order valence-corrected chi connectivity index (χ0v) is 95.5. The standard InChI is InChI=1S/2C21H27N2.3C12H22.2C7H6.3C6H13P.5ClH.I2.2Ru/c2*1-14-9-16(3)20(17(4)10-14)22-7-8-23(13-22)21-18(5)11-15(2)12-19(21)6;3*1-3-7-11(8-4-1)12-9-5-2-6-10-12;2*1-7-5-3-2-4-6-7;3*7-6-4-2-1-3-5-6;;;;;;1-2;;/h2*9-13H,7-8H2,1-6H3;3*11-12H,1-10H2;2*1-6H;3*6H,1-5,7H2;5*1H;;;/q-1;+1;;;;;;;;;;;;;;;2*+2/p-5. The van der Waals surface area contributed by atoms with E-state index in [0.29, 0.717) is 0 Å². The number of nitrogens with zero attached hydrogens (tertiary/aromatic N) is 4. The quantitative estimate of drug-likeness (QED) is 0.0471. The van der Waals surface area contributed by atoms with Gasteiger partial charge in [-0.05, 0) is 219 Å². The Hall–Kier alpha value is -0.423. The van der Waals surface area contributed by atoms with Crippen molar-refractivity contribution >= 4 is 142 Å². The molecule has 10 fully saturated rings. The number of anilines is 3. The van der Waals surface area contributed by atoms with Crippen molar-refractivity contribution in [1.82, 2.24) is 0 Å². The van der Waals surface area contributed by atoms with Crippen LogP contribution in [0, 0.1) is 125 Å². The van der Waals surface area contributed by atoms with Crippen LogP contribution < -0.4 is 27.1 Å². The molecule has 2 aliphatic heterocycles. The molecule has 0 aromatic heterocycles. The molecule has 3 atom stereocenters. The third-order valence-corrected chi connectivity index (χ3v) is 34.0. The second-order valence-electron chi connectivity index (χ2n) is 39.0. The van der Waals surface area contributed by atoms with Crippen LogP contribution in [-0.2, 0) is 27.0 Å². The zero-order valence-electron chi connectivity index (χ0n) is 80.4. The van der Waals surface area contributed by atoms with Crippen molar-refractivity contribution in [2.24, 2.45) is 35.5 Å². The molecule has 712 valence electrons. The SMILES string of the molecule is C1CCC(C2CCCCC2)CC1.C1CCC(C2CCCCC2)CC1.C1CCC(C2CCCCC2)CC1.Cc1cc(C)c(N2C=[N+](c3c(C)cc(C)cc3C)CC2)c(C)c1.Cc1cc(C)c(N2[CH-]N(c3c(C)cc(C)cc3C)CC2)c(C)c1.II.PC1CCCCC1.PC1CCCCC1.PC1CCCCC1.[Cl-].[Cl][Ru]([Cl])=[CH]c1ccccc1.[Cl][Ru]([Cl])=[CH]c1ccccc1. The van der Waals surface area contributed by atoms with Gasteiger partial charge in [0.1, 0.15) is 24.5 Å². The molecule has 0 radical (unpaired) electrons. The fraction of sp³-hybridized carbons (Fsp3) is 0.636. The minimum absolute atomic E-state index is 0.